The van der Waals surface area contributed by atoms with Crippen LogP contribution in [-0.2, 0) is 16.2 Å². The molecule has 0 aromatic heterocycles. The molecule has 1 atom stereocenters. The predicted molar refractivity (Wildman–Crippen MR) is 69.6 cm³/mol. The lowest BCUT2D eigenvalue weighted by Gasteiger charge is -2.32. The second-order valence-corrected chi connectivity index (χ2v) is 5.05. The number of rotatable bonds is 4. The van der Waals surface area contributed by atoms with E-state index in [0.717, 1.165) is 24.9 Å². The SMILES string of the molecule is CC1(C(=O)NOCc2ccccc2)CCCNC1. The molecule has 1 unspecified atom stereocenters. The number of hydrogen-bond donors (Lipinski definition) is 2. The Morgan fingerprint density at radius 3 is 2.89 bits per heavy atom. The minimum atomic E-state index is -0.352. The summed E-state index contributed by atoms with van der Waals surface area (Å²) < 4.78 is 0. The molecule has 0 radical (unpaired) electrons. The molecule has 1 aromatic rings. The first-order valence-electron chi connectivity index (χ1n) is 6.38. The Kier molecular flexibility index (Phi) is 4.33. The highest BCUT2D eigenvalue weighted by atomic mass is 16.6. The maximum absolute atomic E-state index is 12.0. The molecule has 1 fully saturated rings. The third kappa shape index (κ3) is 3.31. The van der Waals surface area contributed by atoms with Gasteiger partial charge in [-0.25, -0.2) is 5.48 Å². The van der Waals surface area contributed by atoms with Crippen molar-refractivity contribution in [2.24, 2.45) is 5.41 Å². The zero-order chi connectivity index (χ0) is 12.8. The summed E-state index contributed by atoms with van der Waals surface area (Å²) in [5, 5.41) is 3.25. The molecule has 18 heavy (non-hydrogen) atoms. The van der Waals surface area contributed by atoms with E-state index in [1.165, 1.54) is 0 Å². The summed E-state index contributed by atoms with van der Waals surface area (Å²) in [6, 6.07) is 9.79. The van der Waals surface area contributed by atoms with E-state index in [-0.39, 0.29) is 11.3 Å². The summed E-state index contributed by atoms with van der Waals surface area (Å²) in [6.45, 7) is 4.08. The Morgan fingerprint density at radius 2 is 2.22 bits per heavy atom. The summed E-state index contributed by atoms with van der Waals surface area (Å²) in [7, 11) is 0. The van der Waals surface area contributed by atoms with Gasteiger partial charge >= 0.3 is 0 Å². The van der Waals surface area contributed by atoms with Gasteiger partial charge in [-0.3, -0.25) is 9.63 Å². The maximum Gasteiger partial charge on any atom is 0.250 e. The average Bonchev–Trinajstić information content (AvgIpc) is 2.41. The number of carbonyl (C=O) groups is 1. The van der Waals surface area contributed by atoms with E-state index >= 15 is 0 Å². The minimum Gasteiger partial charge on any atom is -0.316 e. The highest BCUT2D eigenvalue weighted by Gasteiger charge is 2.34. The van der Waals surface area contributed by atoms with Gasteiger partial charge in [-0.05, 0) is 31.9 Å². The van der Waals surface area contributed by atoms with Gasteiger partial charge in [0.2, 0.25) is 0 Å². The van der Waals surface area contributed by atoms with Crippen LogP contribution in [0.25, 0.3) is 0 Å². The van der Waals surface area contributed by atoms with Crippen LogP contribution in [0.1, 0.15) is 25.3 Å². The molecule has 0 spiro atoms. The quantitative estimate of drug-likeness (QED) is 0.796. The van der Waals surface area contributed by atoms with Crippen LogP contribution in [0.4, 0.5) is 0 Å². The topological polar surface area (TPSA) is 50.4 Å². The van der Waals surface area contributed by atoms with Gasteiger partial charge in [-0.2, -0.15) is 0 Å². The second-order valence-electron chi connectivity index (χ2n) is 5.05. The molecule has 1 heterocycles. The van der Waals surface area contributed by atoms with Crippen molar-refractivity contribution in [3.8, 4) is 0 Å². The Balaban J connectivity index is 1.78. The van der Waals surface area contributed by atoms with Crippen molar-refractivity contribution in [2.45, 2.75) is 26.4 Å². The molecule has 0 bridgehead atoms. The van der Waals surface area contributed by atoms with Gasteiger partial charge in [0, 0.05) is 6.54 Å². The normalized spacial score (nSPS) is 23.6. The van der Waals surface area contributed by atoms with Crippen molar-refractivity contribution in [2.75, 3.05) is 13.1 Å². The average molecular weight is 248 g/mol. The van der Waals surface area contributed by atoms with E-state index in [9.17, 15) is 4.79 Å². The predicted octanol–water partition coefficient (Wildman–Crippen LogP) is 1.62. The molecule has 0 saturated carbocycles. The summed E-state index contributed by atoms with van der Waals surface area (Å²) >= 11 is 0. The van der Waals surface area contributed by atoms with Crippen LogP contribution in [0.2, 0.25) is 0 Å². The number of nitrogens with one attached hydrogen (secondary N) is 2. The standard InChI is InChI=1S/C14H20N2O2/c1-14(8-5-9-15-11-14)13(17)16-18-10-12-6-3-2-4-7-12/h2-4,6-7,15H,5,8-11H2,1H3,(H,16,17). The van der Waals surface area contributed by atoms with Crippen molar-refractivity contribution in [1.82, 2.24) is 10.8 Å². The molecular weight excluding hydrogens is 228 g/mol. The fourth-order valence-electron chi connectivity index (χ4n) is 2.13. The smallest absolute Gasteiger partial charge is 0.250 e. The summed E-state index contributed by atoms with van der Waals surface area (Å²) in [5.41, 5.74) is 3.26. The van der Waals surface area contributed by atoms with Gasteiger partial charge in [0.05, 0.1) is 12.0 Å². The Labute approximate surface area is 108 Å². The van der Waals surface area contributed by atoms with Gasteiger partial charge in [-0.15, -0.1) is 0 Å². The lowest BCUT2D eigenvalue weighted by molar-refractivity contribution is -0.145. The molecule has 1 aromatic carbocycles. The molecule has 4 heteroatoms. The van der Waals surface area contributed by atoms with E-state index in [1.807, 2.05) is 37.3 Å². The molecular formula is C14H20N2O2. The highest BCUT2D eigenvalue weighted by molar-refractivity contribution is 5.81. The molecule has 1 amide bonds. The summed E-state index contributed by atoms with van der Waals surface area (Å²) in [5.74, 6) is -0.0365. The largest absolute Gasteiger partial charge is 0.316 e. The van der Waals surface area contributed by atoms with Crippen LogP contribution >= 0.6 is 0 Å². The van der Waals surface area contributed by atoms with Crippen LogP contribution in [0.15, 0.2) is 30.3 Å². The van der Waals surface area contributed by atoms with E-state index in [0.29, 0.717) is 13.2 Å². The fraction of sp³-hybridized carbons (Fsp3) is 0.500. The Bertz CT molecular complexity index is 386. The van der Waals surface area contributed by atoms with Gasteiger partial charge in [0.25, 0.3) is 5.91 Å². The Morgan fingerprint density at radius 1 is 1.44 bits per heavy atom. The minimum absolute atomic E-state index is 0.0365. The van der Waals surface area contributed by atoms with Crippen LogP contribution in [-0.4, -0.2) is 19.0 Å². The molecule has 1 aliphatic rings. The van der Waals surface area contributed by atoms with E-state index in [2.05, 4.69) is 10.8 Å². The maximum atomic E-state index is 12.0. The van der Waals surface area contributed by atoms with Crippen molar-refractivity contribution in [3.05, 3.63) is 35.9 Å². The summed E-state index contributed by atoms with van der Waals surface area (Å²) in [6.07, 6.45) is 1.93. The molecule has 1 aliphatic heterocycles. The zero-order valence-corrected chi connectivity index (χ0v) is 10.7. The van der Waals surface area contributed by atoms with Gasteiger partial charge in [-0.1, -0.05) is 30.3 Å². The highest BCUT2D eigenvalue weighted by Crippen LogP contribution is 2.25. The van der Waals surface area contributed by atoms with Gasteiger partial charge < -0.3 is 5.32 Å². The van der Waals surface area contributed by atoms with Crippen molar-refractivity contribution < 1.29 is 9.63 Å². The van der Waals surface area contributed by atoms with Crippen molar-refractivity contribution in [1.29, 1.82) is 0 Å². The van der Waals surface area contributed by atoms with E-state index < -0.39 is 0 Å². The summed E-state index contributed by atoms with van der Waals surface area (Å²) in [4.78, 5) is 17.3. The molecule has 4 nitrogen and oxygen atoms in total. The lowest BCUT2D eigenvalue weighted by atomic mass is 9.82. The van der Waals surface area contributed by atoms with Crippen molar-refractivity contribution in [3.63, 3.8) is 0 Å². The third-order valence-corrected chi connectivity index (χ3v) is 3.39. The second kappa shape index (κ2) is 5.98. The number of hydroxylamine groups is 1. The molecule has 98 valence electrons. The molecule has 0 aliphatic carbocycles. The van der Waals surface area contributed by atoms with Gasteiger partial charge in [0.15, 0.2) is 0 Å². The zero-order valence-electron chi connectivity index (χ0n) is 10.7. The first kappa shape index (κ1) is 13.1. The van der Waals surface area contributed by atoms with Crippen LogP contribution in [0, 0.1) is 5.41 Å². The third-order valence-electron chi connectivity index (χ3n) is 3.39. The number of piperidine rings is 1. The number of hydrogen-bond acceptors (Lipinski definition) is 3. The van der Waals surface area contributed by atoms with E-state index in [1.54, 1.807) is 0 Å². The fourth-order valence-corrected chi connectivity index (χ4v) is 2.13. The lowest BCUT2D eigenvalue weighted by Crippen LogP contribution is -2.48. The Hall–Kier alpha value is -1.39. The van der Waals surface area contributed by atoms with Crippen molar-refractivity contribution >= 4 is 5.91 Å². The molecule has 2 N–H and O–H groups in total. The van der Waals surface area contributed by atoms with Crippen LogP contribution in [0.3, 0.4) is 0 Å². The monoisotopic (exact) mass is 248 g/mol. The molecule has 1 saturated heterocycles. The number of amides is 1. The van der Waals surface area contributed by atoms with Gasteiger partial charge in [0.1, 0.15) is 0 Å². The first-order valence-corrected chi connectivity index (χ1v) is 6.38. The number of benzene rings is 1. The first-order chi connectivity index (χ1) is 8.71. The van der Waals surface area contributed by atoms with E-state index in [4.69, 9.17) is 4.84 Å². The van der Waals surface area contributed by atoms with Crippen LogP contribution < -0.4 is 10.8 Å². The molecule has 2 rings (SSSR count). The van der Waals surface area contributed by atoms with Crippen LogP contribution in [0.5, 0.6) is 0 Å². The number of carbonyl (C=O) groups excluding carboxylic acids is 1.